The molecule has 3 aromatic rings. The van der Waals surface area contributed by atoms with Gasteiger partial charge in [-0.3, -0.25) is 19.4 Å². The van der Waals surface area contributed by atoms with Gasteiger partial charge in [0, 0.05) is 49.9 Å². The quantitative estimate of drug-likeness (QED) is 0.327. The third-order valence-electron chi connectivity index (χ3n) is 6.10. The van der Waals surface area contributed by atoms with Gasteiger partial charge in [-0.1, -0.05) is 41.9 Å². The molecule has 0 radical (unpaired) electrons. The lowest BCUT2D eigenvalue weighted by Crippen LogP contribution is -2.46. The molecule has 34 heavy (non-hydrogen) atoms. The zero-order chi connectivity index (χ0) is 23.8. The van der Waals surface area contributed by atoms with Gasteiger partial charge in [0.15, 0.2) is 10.6 Å². The summed E-state index contributed by atoms with van der Waals surface area (Å²) < 4.78 is 2.13. The minimum Gasteiger partial charge on any atom is -0.355 e. The van der Waals surface area contributed by atoms with Gasteiger partial charge in [-0.15, -0.1) is 0 Å². The van der Waals surface area contributed by atoms with Crippen LogP contribution in [0.4, 0.5) is 0 Å². The van der Waals surface area contributed by atoms with Crippen molar-refractivity contribution in [3.8, 4) is 11.4 Å². The van der Waals surface area contributed by atoms with E-state index in [9.17, 15) is 4.79 Å². The summed E-state index contributed by atoms with van der Waals surface area (Å²) >= 11 is 11.3. The van der Waals surface area contributed by atoms with E-state index < -0.39 is 0 Å². The molecular weight excluding hydrogens is 468 g/mol. The third-order valence-corrected chi connectivity index (χ3v) is 6.66. The molecule has 0 aliphatic carbocycles. The van der Waals surface area contributed by atoms with E-state index in [1.165, 1.54) is 5.56 Å². The number of nitrogens with zero attached hydrogens (tertiary/aromatic N) is 4. The third kappa shape index (κ3) is 6.99. The van der Waals surface area contributed by atoms with Crippen LogP contribution < -0.4 is 5.32 Å². The van der Waals surface area contributed by atoms with Crippen molar-refractivity contribution >= 4 is 29.7 Å². The van der Waals surface area contributed by atoms with E-state index in [0.29, 0.717) is 22.2 Å². The molecule has 7 nitrogen and oxygen atoms in total. The lowest BCUT2D eigenvalue weighted by Gasteiger charge is -2.34. The second-order valence-corrected chi connectivity index (χ2v) is 9.43. The van der Waals surface area contributed by atoms with Crippen molar-refractivity contribution in [3.05, 3.63) is 70.0 Å². The number of hydrogen-bond donors (Lipinski definition) is 2. The van der Waals surface area contributed by atoms with Crippen molar-refractivity contribution in [2.45, 2.75) is 25.9 Å². The molecule has 0 unspecified atom stereocenters. The Kier molecular flexibility index (Phi) is 8.87. The van der Waals surface area contributed by atoms with Gasteiger partial charge in [0.05, 0.1) is 0 Å². The molecule has 2 heterocycles. The highest BCUT2D eigenvalue weighted by Gasteiger charge is 2.16. The summed E-state index contributed by atoms with van der Waals surface area (Å²) in [5.41, 5.74) is 2.23. The first-order chi connectivity index (χ1) is 16.6. The zero-order valence-electron chi connectivity index (χ0n) is 19.3. The van der Waals surface area contributed by atoms with E-state index in [1.807, 2.05) is 12.1 Å². The van der Waals surface area contributed by atoms with E-state index in [2.05, 4.69) is 55.6 Å². The van der Waals surface area contributed by atoms with Gasteiger partial charge < -0.3 is 10.2 Å². The van der Waals surface area contributed by atoms with E-state index in [4.69, 9.17) is 23.8 Å². The van der Waals surface area contributed by atoms with Crippen LogP contribution in [-0.2, 0) is 17.9 Å². The van der Waals surface area contributed by atoms with Gasteiger partial charge in [0.25, 0.3) is 0 Å². The number of unbranched alkanes of at least 4 members (excludes halogenated alkanes) is 1. The Bertz CT molecular complexity index is 1110. The van der Waals surface area contributed by atoms with Gasteiger partial charge in [0.1, 0.15) is 6.54 Å². The van der Waals surface area contributed by atoms with Crippen LogP contribution in [0.1, 0.15) is 18.4 Å². The second-order valence-electron chi connectivity index (χ2n) is 8.61. The first kappa shape index (κ1) is 24.6. The summed E-state index contributed by atoms with van der Waals surface area (Å²) in [6, 6.07) is 18.0. The van der Waals surface area contributed by atoms with Crippen molar-refractivity contribution < 1.29 is 4.79 Å². The molecule has 0 saturated carbocycles. The topological polar surface area (TPSA) is 69.2 Å². The summed E-state index contributed by atoms with van der Waals surface area (Å²) in [6.45, 7) is 7.31. The molecule has 0 atom stereocenters. The van der Waals surface area contributed by atoms with Gasteiger partial charge >= 0.3 is 0 Å². The molecule has 1 amide bonds. The van der Waals surface area contributed by atoms with Gasteiger partial charge in [-0.2, -0.15) is 5.10 Å². The number of halogens is 1. The highest BCUT2D eigenvalue weighted by Crippen LogP contribution is 2.20. The molecule has 1 aliphatic heterocycles. The number of benzene rings is 2. The van der Waals surface area contributed by atoms with Crippen LogP contribution in [0.5, 0.6) is 0 Å². The fraction of sp³-hybridized carbons (Fsp3) is 0.400. The van der Waals surface area contributed by atoms with E-state index in [-0.39, 0.29) is 12.5 Å². The second kappa shape index (κ2) is 12.3. The Morgan fingerprint density at radius 1 is 1.00 bits per heavy atom. The molecule has 1 aliphatic rings. The molecule has 0 bridgehead atoms. The first-order valence-corrected chi connectivity index (χ1v) is 12.5. The van der Waals surface area contributed by atoms with Crippen LogP contribution in [0.15, 0.2) is 54.6 Å². The van der Waals surface area contributed by atoms with Crippen LogP contribution in [0, 0.1) is 4.77 Å². The number of nitrogens with one attached hydrogen (secondary N) is 2. The number of hydrogen-bond acceptors (Lipinski definition) is 5. The highest BCUT2D eigenvalue weighted by molar-refractivity contribution is 7.71. The molecular formula is C25H31ClN6OS. The maximum absolute atomic E-state index is 12.5. The van der Waals surface area contributed by atoms with E-state index in [1.54, 1.807) is 16.7 Å². The number of H-pyrrole nitrogens is 1. The Balaban J connectivity index is 1.13. The Hall–Kier alpha value is -2.52. The van der Waals surface area contributed by atoms with Crippen LogP contribution in [0.2, 0.25) is 5.02 Å². The number of aromatic nitrogens is 3. The molecule has 9 heteroatoms. The number of piperazine rings is 1. The Labute approximate surface area is 210 Å². The van der Waals surface area contributed by atoms with Gasteiger partial charge in [0.2, 0.25) is 5.91 Å². The number of carbonyl (C=O) groups is 1. The zero-order valence-corrected chi connectivity index (χ0v) is 20.8. The summed E-state index contributed by atoms with van der Waals surface area (Å²) in [5, 5.41) is 10.7. The molecule has 2 aromatic carbocycles. The van der Waals surface area contributed by atoms with Crippen LogP contribution in [0.25, 0.3) is 11.4 Å². The van der Waals surface area contributed by atoms with E-state index >= 15 is 0 Å². The molecule has 1 fully saturated rings. The predicted molar refractivity (Wildman–Crippen MR) is 138 cm³/mol. The average Bonchev–Trinajstić information content (AvgIpc) is 3.21. The summed E-state index contributed by atoms with van der Waals surface area (Å²) in [6.07, 6.45) is 2.02. The SMILES string of the molecule is O=C(Cn1c(-c2ccc(Cl)cc2)n[nH]c1=S)NCCCCN1CCN(Cc2ccccc2)CC1. The predicted octanol–water partition coefficient (Wildman–Crippen LogP) is 3.98. The molecule has 1 aromatic heterocycles. The smallest absolute Gasteiger partial charge is 0.240 e. The largest absolute Gasteiger partial charge is 0.355 e. The van der Waals surface area contributed by atoms with Gasteiger partial charge in [-0.05, 0) is 61.4 Å². The van der Waals surface area contributed by atoms with Crippen molar-refractivity contribution in [1.82, 2.24) is 29.9 Å². The van der Waals surface area contributed by atoms with Crippen LogP contribution in [0.3, 0.4) is 0 Å². The lowest BCUT2D eigenvalue weighted by molar-refractivity contribution is -0.121. The number of rotatable bonds is 10. The highest BCUT2D eigenvalue weighted by atomic mass is 35.5. The van der Waals surface area contributed by atoms with Crippen molar-refractivity contribution in [1.29, 1.82) is 0 Å². The average molecular weight is 499 g/mol. The number of aromatic amines is 1. The normalized spacial score (nSPS) is 14.9. The van der Waals surface area contributed by atoms with Crippen molar-refractivity contribution in [2.24, 2.45) is 0 Å². The maximum Gasteiger partial charge on any atom is 0.240 e. The van der Waals surface area contributed by atoms with Crippen LogP contribution in [-0.4, -0.2) is 69.7 Å². The monoisotopic (exact) mass is 498 g/mol. The molecule has 0 spiro atoms. The number of amides is 1. The molecule has 2 N–H and O–H groups in total. The fourth-order valence-corrected chi connectivity index (χ4v) is 4.51. The van der Waals surface area contributed by atoms with Gasteiger partial charge in [-0.25, -0.2) is 0 Å². The van der Waals surface area contributed by atoms with Crippen molar-refractivity contribution in [2.75, 3.05) is 39.3 Å². The number of carbonyl (C=O) groups excluding carboxylic acids is 1. The van der Waals surface area contributed by atoms with Crippen molar-refractivity contribution in [3.63, 3.8) is 0 Å². The summed E-state index contributed by atoms with van der Waals surface area (Å²) in [4.78, 5) is 17.5. The lowest BCUT2D eigenvalue weighted by atomic mass is 10.2. The minimum atomic E-state index is -0.0674. The molecule has 4 rings (SSSR count). The molecule has 180 valence electrons. The minimum absolute atomic E-state index is 0.0674. The summed E-state index contributed by atoms with van der Waals surface area (Å²) in [7, 11) is 0. The Morgan fingerprint density at radius 2 is 1.71 bits per heavy atom. The van der Waals surface area contributed by atoms with E-state index in [0.717, 1.165) is 57.7 Å². The van der Waals surface area contributed by atoms with Crippen LogP contribution >= 0.6 is 23.8 Å². The fourth-order valence-electron chi connectivity index (χ4n) is 4.18. The standard InChI is InChI=1S/C25H31ClN6OS/c26-22-10-8-21(9-11-22)24-28-29-25(34)32(24)19-23(33)27-12-4-5-13-30-14-16-31(17-15-30)18-20-6-2-1-3-7-20/h1-3,6-11H,4-5,12-19H2,(H,27,33)(H,29,34). The Morgan fingerprint density at radius 3 is 2.44 bits per heavy atom. The first-order valence-electron chi connectivity index (χ1n) is 11.7. The maximum atomic E-state index is 12.5. The summed E-state index contributed by atoms with van der Waals surface area (Å²) in [5.74, 6) is 0.561. The molecule has 1 saturated heterocycles.